The average molecular weight is 390 g/mol. The number of likely N-dealkylation sites (N-methyl/N-ethyl adjacent to an activating group) is 1. The zero-order valence-electron chi connectivity index (χ0n) is 16.2. The van der Waals surface area contributed by atoms with E-state index in [1.807, 2.05) is 42.5 Å². The maximum atomic E-state index is 13.2. The molecule has 2 aliphatic heterocycles. The van der Waals surface area contributed by atoms with Crippen LogP contribution in [-0.4, -0.2) is 60.5 Å². The molecule has 2 fully saturated rings. The van der Waals surface area contributed by atoms with Gasteiger partial charge < -0.3 is 19.0 Å². The predicted molar refractivity (Wildman–Crippen MR) is 108 cm³/mol. The number of carbonyl (C=O) groups is 2. The van der Waals surface area contributed by atoms with Crippen LogP contribution >= 0.6 is 0 Å². The van der Waals surface area contributed by atoms with E-state index >= 15 is 0 Å². The van der Waals surface area contributed by atoms with Gasteiger partial charge in [0.25, 0.3) is 5.91 Å². The van der Waals surface area contributed by atoms with E-state index in [0.29, 0.717) is 31.7 Å². The summed E-state index contributed by atoms with van der Waals surface area (Å²) in [6, 6.07) is 13.7. The first-order valence-corrected chi connectivity index (χ1v) is 9.84. The Morgan fingerprint density at radius 3 is 2.86 bits per heavy atom. The Kier molecular flexibility index (Phi) is 4.36. The van der Waals surface area contributed by atoms with Crippen LogP contribution in [0.15, 0.2) is 59.4 Å². The summed E-state index contributed by atoms with van der Waals surface area (Å²) in [4.78, 5) is 28.8. The highest BCUT2D eigenvalue weighted by molar-refractivity contribution is 6.02. The van der Waals surface area contributed by atoms with Crippen LogP contribution in [-0.2, 0) is 9.53 Å². The van der Waals surface area contributed by atoms with E-state index < -0.39 is 0 Å². The summed E-state index contributed by atoms with van der Waals surface area (Å²) in [5.74, 6) is 0.0439. The summed E-state index contributed by atoms with van der Waals surface area (Å²) in [6.45, 7) is 1.42. The topological polar surface area (TPSA) is 63.0 Å². The largest absolute Gasteiger partial charge is 0.472 e. The standard InChI is InChI=1S/C23H22N2O4/c1-24-20-12-25(13-21(20)29-10-8-22(24)26)23(27)16-5-6-19-15(11-16)3-2-4-18(19)17-7-9-28-14-17/h2-7,9,11,14,20-21H,8,10,12-13H2,1H3/t20-,21-/m0/s1. The molecule has 148 valence electrons. The van der Waals surface area contributed by atoms with Crippen molar-refractivity contribution in [2.45, 2.75) is 18.6 Å². The van der Waals surface area contributed by atoms with Crippen LogP contribution in [0.3, 0.4) is 0 Å². The van der Waals surface area contributed by atoms with Crippen molar-refractivity contribution in [2.24, 2.45) is 0 Å². The van der Waals surface area contributed by atoms with E-state index in [1.165, 1.54) is 0 Å². The van der Waals surface area contributed by atoms with Crippen LogP contribution in [0.25, 0.3) is 21.9 Å². The highest BCUT2D eigenvalue weighted by Gasteiger charge is 2.41. The number of furan rings is 1. The van der Waals surface area contributed by atoms with Crippen molar-refractivity contribution in [3.63, 3.8) is 0 Å². The molecule has 1 aromatic heterocycles. The fourth-order valence-corrected chi connectivity index (χ4v) is 4.39. The molecule has 6 nitrogen and oxygen atoms in total. The SMILES string of the molecule is CN1C(=O)CCO[C@H]2CN(C(=O)c3ccc4c(-c5ccoc5)cccc4c3)C[C@@H]21. The van der Waals surface area contributed by atoms with Crippen molar-refractivity contribution < 1.29 is 18.7 Å². The summed E-state index contributed by atoms with van der Waals surface area (Å²) < 4.78 is 11.1. The fourth-order valence-electron chi connectivity index (χ4n) is 4.39. The number of nitrogens with zero attached hydrogens (tertiary/aromatic N) is 2. The Hall–Kier alpha value is -3.12. The maximum absolute atomic E-state index is 13.2. The predicted octanol–water partition coefficient (Wildman–Crippen LogP) is 3.17. The third-order valence-corrected chi connectivity index (χ3v) is 6.02. The highest BCUT2D eigenvalue weighted by atomic mass is 16.5. The van der Waals surface area contributed by atoms with E-state index in [-0.39, 0.29) is 24.0 Å². The van der Waals surface area contributed by atoms with Gasteiger partial charge in [0.15, 0.2) is 0 Å². The molecule has 2 aromatic carbocycles. The lowest BCUT2D eigenvalue weighted by Crippen LogP contribution is -2.43. The molecule has 2 saturated heterocycles. The number of carbonyl (C=O) groups excluding carboxylic acids is 2. The molecule has 2 aliphatic rings. The highest BCUT2D eigenvalue weighted by Crippen LogP contribution is 2.30. The van der Waals surface area contributed by atoms with E-state index in [4.69, 9.17) is 9.15 Å². The van der Waals surface area contributed by atoms with Crippen molar-refractivity contribution in [1.29, 1.82) is 0 Å². The van der Waals surface area contributed by atoms with Gasteiger partial charge in [0.05, 0.1) is 37.7 Å². The van der Waals surface area contributed by atoms with Gasteiger partial charge in [-0.2, -0.15) is 0 Å². The number of hydrogen-bond donors (Lipinski definition) is 0. The first-order valence-electron chi connectivity index (χ1n) is 9.84. The van der Waals surface area contributed by atoms with Crippen LogP contribution in [0.4, 0.5) is 0 Å². The molecular formula is C23H22N2O4. The molecule has 0 bridgehead atoms. The normalized spacial score (nSPS) is 22.0. The Labute approximate surface area is 168 Å². The van der Waals surface area contributed by atoms with Crippen molar-refractivity contribution in [3.05, 3.63) is 60.6 Å². The second-order valence-corrected chi connectivity index (χ2v) is 7.69. The molecule has 0 unspecified atom stereocenters. The molecule has 6 heteroatoms. The van der Waals surface area contributed by atoms with Gasteiger partial charge in [-0.25, -0.2) is 0 Å². The molecule has 0 N–H and O–H groups in total. The lowest BCUT2D eigenvalue weighted by atomic mass is 9.98. The molecule has 2 amide bonds. The molecule has 0 aliphatic carbocycles. The van der Waals surface area contributed by atoms with E-state index in [9.17, 15) is 9.59 Å². The molecule has 3 aromatic rings. The number of ether oxygens (including phenoxy) is 1. The fraction of sp³-hybridized carbons (Fsp3) is 0.304. The third kappa shape index (κ3) is 3.09. The van der Waals surface area contributed by atoms with E-state index in [2.05, 4.69) is 0 Å². The van der Waals surface area contributed by atoms with Gasteiger partial charge in [-0.1, -0.05) is 24.3 Å². The monoisotopic (exact) mass is 390 g/mol. The van der Waals surface area contributed by atoms with Crippen molar-refractivity contribution in [3.8, 4) is 11.1 Å². The Bertz CT molecular complexity index is 1080. The second-order valence-electron chi connectivity index (χ2n) is 7.69. The Morgan fingerprint density at radius 1 is 1.14 bits per heavy atom. The molecule has 2 atom stereocenters. The van der Waals surface area contributed by atoms with Crippen LogP contribution in [0.1, 0.15) is 16.8 Å². The number of hydrogen-bond acceptors (Lipinski definition) is 4. The molecule has 5 rings (SSSR count). The molecule has 3 heterocycles. The van der Waals surface area contributed by atoms with Crippen molar-refractivity contribution >= 4 is 22.6 Å². The van der Waals surface area contributed by atoms with Crippen molar-refractivity contribution in [1.82, 2.24) is 9.80 Å². The first kappa shape index (κ1) is 17.9. The van der Waals surface area contributed by atoms with Gasteiger partial charge in [-0.05, 0) is 34.5 Å². The number of likely N-dealkylation sites (tertiary alicyclic amines) is 1. The zero-order chi connectivity index (χ0) is 20.0. The second kappa shape index (κ2) is 7.04. The van der Waals surface area contributed by atoms with Crippen LogP contribution in [0.5, 0.6) is 0 Å². The minimum atomic E-state index is -0.122. The Morgan fingerprint density at radius 2 is 2.03 bits per heavy atom. The minimum absolute atomic E-state index is 0.0295. The minimum Gasteiger partial charge on any atom is -0.472 e. The van der Waals surface area contributed by atoms with Crippen molar-refractivity contribution in [2.75, 3.05) is 26.7 Å². The molecule has 29 heavy (non-hydrogen) atoms. The van der Waals surface area contributed by atoms with Gasteiger partial charge in [0.2, 0.25) is 5.91 Å². The summed E-state index contributed by atoms with van der Waals surface area (Å²) in [5, 5.41) is 2.08. The van der Waals surface area contributed by atoms with Gasteiger partial charge in [0, 0.05) is 31.3 Å². The number of rotatable bonds is 2. The summed E-state index contributed by atoms with van der Waals surface area (Å²) in [6.07, 6.45) is 3.66. The number of fused-ring (bicyclic) bond motifs is 2. The maximum Gasteiger partial charge on any atom is 0.254 e. The van der Waals surface area contributed by atoms with Crippen LogP contribution in [0.2, 0.25) is 0 Å². The summed E-state index contributed by atoms with van der Waals surface area (Å²) in [5.41, 5.74) is 2.73. The number of amides is 2. The smallest absolute Gasteiger partial charge is 0.254 e. The van der Waals surface area contributed by atoms with Gasteiger partial charge in [-0.15, -0.1) is 0 Å². The van der Waals surface area contributed by atoms with Crippen LogP contribution < -0.4 is 0 Å². The zero-order valence-corrected chi connectivity index (χ0v) is 16.2. The number of benzene rings is 2. The first-order chi connectivity index (χ1) is 14.1. The van der Waals surface area contributed by atoms with Crippen LogP contribution in [0, 0.1) is 0 Å². The van der Waals surface area contributed by atoms with E-state index in [1.54, 1.807) is 29.4 Å². The third-order valence-electron chi connectivity index (χ3n) is 6.02. The average Bonchev–Trinajstić information content (AvgIpc) is 3.40. The lowest BCUT2D eigenvalue weighted by molar-refractivity contribution is -0.131. The molecule has 0 spiro atoms. The lowest BCUT2D eigenvalue weighted by Gasteiger charge is -2.25. The van der Waals surface area contributed by atoms with Gasteiger partial charge in [-0.3, -0.25) is 9.59 Å². The quantitative estimate of drug-likeness (QED) is 0.674. The summed E-state index contributed by atoms with van der Waals surface area (Å²) in [7, 11) is 1.80. The van der Waals surface area contributed by atoms with E-state index in [0.717, 1.165) is 21.9 Å². The van der Waals surface area contributed by atoms with Gasteiger partial charge >= 0.3 is 0 Å². The Balaban J connectivity index is 1.43. The molecule has 0 radical (unpaired) electrons. The van der Waals surface area contributed by atoms with Gasteiger partial charge in [0.1, 0.15) is 0 Å². The summed E-state index contributed by atoms with van der Waals surface area (Å²) >= 11 is 0. The molecular weight excluding hydrogens is 368 g/mol. The molecule has 0 saturated carbocycles.